The van der Waals surface area contributed by atoms with Gasteiger partial charge in [-0.1, -0.05) is 19.1 Å². The van der Waals surface area contributed by atoms with Crippen LogP contribution in [0.4, 0.5) is 0 Å². The largest absolute Gasteiger partial charge is 0.496 e. The van der Waals surface area contributed by atoms with E-state index in [9.17, 15) is 0 Å². The molecule has 2 aromatic rings. The fraction of sp³-hybridized carbons (Fsp3) is 0.500. The summed E-state index contributed by atoms with van der Waals surface area (Å²) in [6.45, 7) is 9.11. The van der Waals surface area contributed by atoms with Crippen molar-refractivity contribution in [3.63, 3.8) is 0 Å². The molecule has 0 atom stereocenters. The number of halogens is 1. The predicted octanol–water partition coefficient (Wildman–Crippen LogP) is 2.53. The molecule has 0 aliphatic heterocycles. The van der Waals surface area contributed by atoms with Gasteiger partial charge in [0.25, 0.3) is 0 Å². The Morgan fingerprint density at radius 1 is 1.27 bits per heavy atom. The van der Waals surface area contributed by atoms with E-state index in [1.165, 1.54) is 5.56 Å². The van der Waals surface area contributed by atoms with Gasteiger partial charge in [-0.15, -0.1) is 34.2 Å². The number of methoxy groups -OCH3 is 1. The number of aromatic nitrogens is 3. The number of benzene rings is 1. The predicted molar refractivity (Wildman–Crippen MR) is 115 cm³/mol. The highest BCUT2D eigenvalue weighted by atomic mass is 127. The van der Waals surface area contributed by atoms with Crippen LogP contribution in [0, 0.1) is 6.92 Å². The number of guanidine groups is 1. The third-order valence-electron chi connectivity index (χ3n) is 3.85. The van der Waals surface area contributed by atoms with Crippen molar-refractivity contribution in [2.45, 2.75) is 40.3 Å². The molecule has 0 radical (unpaired) electrons. The van der Waals surface area contributed by atoms with Crippen molar-refractivity contribution < 1.29 is 4.74 Å². The van der Waals surface area contributed by atoms with Gasteiger partial charge in [-0.25, -0.2) is 4.99 Å². The average Bonchev–Trinajstić information content (AvgIpc) is 3.07. The van der Waals surface area contributed by atoms with Crippen LogP contribution in [0.3, 0.4) is 0 Å². The molecule has 26 heavy (non-hydrogen) atoms. The van der Waals surface area contributed by atoms with Crippen molar-refractivity contribution in [1.82, 2.24) is 25.4 Å². The lowest BCUT2D eigenvalue weighted by Gasteiger charge is -2.13. The molecule has 0 saturated carbocycles. The van der Waals surface area contributed by atoms with Crippen LogP contribution in [0.1, 0.15) is 30.8 Å². The van der Waals surface area contributed by atoms with Crippen LogP contribution in [0.2, 0.25) is 0 Å². The third kappa shape index (κ3) is 6.47. The molecule has 0 saturated heterocycles. The van der Waals surface area contributed by atoms with Gasteiger partial charge in [-0.2, -0.15) is 0 Å². The lowest BCUT2D eigenvalue weighted by molar-refractivity contribution is 0.409. The number of nitrogens with zero attached hydrogens (tertiary/aromatic N) is 4. The minimum Gasteiger partial charge on any atom is -0.496 e. The first kappa shape index (κ1) is 22.2. The maximum Gasteiger partial charge on any atom is 0.191 e. The van der Waals surface area contributed by atoms with Gasteiger partial charge in [0.05, 0.1) is 13.7 Å². The quantitative estimate of drug-likeness (QED) is 0.351. The molecule has 2 N–H and O–H groups in total. The third-order valence-corrected chi connectivity index (χ3v) is 3.85. The molecule has 2 rings (SSSR count). The summed E-state index contributed by atoms with van der Waals surface area (Å²) < 4.78 is 7.50. The van der Waals surface area contributed by atoms with E-state index in [0.29, 0.717) is 6.54 Å². The molecule has 0 fully saturated rings. The maximum atomic E-state index is 5.45. The van der Waals surface area contributed by atoms with Gasteiger partial charge in [0.15, 0.2) is 5.96 Å². The zero-order chi connectivity index (χ0) is 18.1. The summed E-state index contributed by atoms with van der Waals surface area (Å²) in [5.74, 6) is 2.65. The van der Waals surface area contributed by atoms with Crippen LogP contribution in [0.15, 0.2) is 29.5 Å². The minimum absolute atomic E-state index is 0. The van der Waals surface area contributed by atoms with E-state index in [4.69, 9.17) is 4.74 Å². The number of hydrogen-bond acceptors (Lipinski definition) is 4. The number of aliphatic imine (C=N–C) groups is 1. The number of ether oxygens (including phenoxy) is 1. The molecule has 8 heteroatoms. The number of aryl methyl sites for hydroxylation is 2. The first-order valence-corrected chi connectivity index (χ1v) is 8.70. The van der Waals surface area contributed by atoms with E-state index in [1.807, 2.05) is 6.07 Å². The summed E-state index contributed by atoms with van der Waals surface area (Å²) in [7, 11) is 1.69. The van der Waals surface area contributed by atoms with Crippen molar-refractivity contribution in [1.29, 1.82) is 0 Å². The Labute approximate surface area is 172 Å². The molecular formula is C18H29IN6O. The molecule has 0 aliphatic rings. The topological polar surface area (TPSA) is 76.4 Å². The van der Waals surface area contributed by atoms with E-state index in [1.54, 1.807) is 13.4 Å². The molecule has 144 valence electrons. The first-order chi connectivity index (χ1) is 12.2. The highest BCUT2D eigenvalue weighted by Crippen LogP contribution is 2.20. The average molecular weight is 472 g/mol. The minimum atomic E-state index is 0. The molecule has 0 amide bonds. The molecule has 0 bridgehead atoms. The van der Waals surface area contributed by atoms with Crippen molar-refractivity contribution in [2.24, 2.45) is 4.99 Å². The Balaban J connectivity index is 0.00000338. The van der Waals surface area contributed by atoms with E-state index in [0.717, 1.165) is 49.2 Å². The summed E-state index contributed by atoms with van der Waals surface area (Å²) in [4.78, 5) is 4.66. The van der Waals surface area contributed by atoms with E-state index in [2.05, 4.69) is 63.3 Å². The number of hydrogen-bond donors (Lipinski definition) is 2. The molecule has 1 heterocycles. The van der Waals surface area contributed by atoms with Gasteiger partial charge >= 0.3 is 0 Å². The Bertz CT molecular complexity index is 701. The second-order valence-electron chi connectivity index (χ2n) is 5.73. The normalized spacial score (nSPS) is 11.0. The summed E-state index contributed by atoms with van der Waals surface area (Å²) in [5, 5.41) is 14.7. The second-order valence-corrected chi connectivity index (χ2v) is 5.73. The first-order valence-electron chi connectivity index (χ1n) is 8.70. The smallest absolute Gasteiger partial charge is 0.191 e. The maximum absolute atomic E-state index is 5.45. The molecule has 0 aliphatic carbocycles. The van der Waals surface area contributed by atoms with Crippen LogP contribution >= 0.6 is 24.0 Å². The van der Waals surface area contributed by atoms with Crippen LogP contribution in [0.25, 0.3) is 0 Å². The van der Waals surface area contributed by atoms with E-state index in [-0.39, 0.29) is 24.0 Å². The molecule has 7 nitrogen and oxygen atoms in total. The summed E-state index contributed by atoms with van der Waals surface area (Å²) in [6, 6.07) is 6.17. The zero-order valence-electron chi connectivity index (χ0n) is 16.0. The summed E-state index contributed by atoms with van der Waals surface area (Å²) in [6.07, 6.45) is 2.64. The van der Waals surface area contributed by atoms with Gasteiger partial charge < -0.3 is 19.9 Å². The van der Waals surface area contributed by atoms with Crippen LogP contribution in [0.5, 0.6) is 5.75 Å². The van der Waals surface area contributed by atoms with Gasteiger partial charge in [0, 0.05) is 31.6 Å². The van der Waals surface area contributed by atoms with Crippen LogP contribution in [-0.2, 0) is 19.5 Å². The number of rotatable bonds is 8. The van der Waals surface area contributed by atoms with Crippen LogP contribution in [-0.4, -0.2) is 40.9 Å². The Morgan fingerprint density at radius 3 is 2.77 bits per heavy atom. The van der Waals surface area contributed by atoms with Crippen molar-refractivity contribution in [3.8, 4) is 5.75 Å². The van der Waals surface area contributed by atoms with E-state index >= 15 is 0 Å². The highest BCUT2D eigenvalue weighted by Gasteiger charge is 2.05. The van der Waals surface area contributed by atoms with Crippen molar-refractivity contribution in [2.75, 3.05) is 20.2 Å². The SMILES string of the molecule is CCNC(=NCc1ccc(C)cc1OC)NCCn1cnnc1CC.I. The van der Waals surface area contributed by atoms with Gasteiger partial charge in [-0.3, -0.25) is 0 Å². The highest BCUT2D eigenvalue weighted by molar-refractivity contribution is 14.0. The molecule has 0 spiro atoms. The second kappa shape index (κ2) is 11.7. The van der Waals surface area contributed by atoms with Crippen LogP contribution < -0.4 is 15.4 Å². The Hall–Kier alpha value is -1.84. The lowest BCUT2D eigenvalue weighted by Crippen LogP contribution is -2.38. The fourth-order valence-corrected chi connectivity index (χ4v) is 2.52. The Morgan fingerprint density at radius 2 is 2.08 bits per heavy atom. The monoisotopic (exact) mass is 472 g/mol. The van der Waals surface area contributed by atoms with E-state index < -0.39 is 0 Å². The Kier molecular flexibility index (Phi) is 10.0. The van der Waals surface area contributed by atoms with Crippen molar-refractivity contribution >= 4 is 29.9 Å². The number of nitrogens with one attached hydrogen (secondary N) is 2. The van der Waals surface area contributed by atoms with Gasteiger partial charge in [0.2, 0.25) is 0 Å². The molecule has 0 unspecified atom stereocenters. The van der Waals surface area contributed by atoms with Gasteiger partial charge in [0.1, 0.15) is 17.9 Å². The standard InChI is InChI=1S/C18H28N6O.HI/c1-5-17-23-22-13-24(17)10-9-20-18(19-6-2)21-12-15-8-7-14(3)11-16(15)25-4;/h7-8,11,13H,5-6,9-10,12H2,1-4H3,(H2,19,20,21);1H. The van der Waals surface area contributed by atoms with Gasteiger partial charge in [-0.05, 0) is 25.5 Å². The van der Waals surface area contributed by atoms with Crippen molar-refractivity contribution in [3.05, 3.63) is 41.5 Å². The summed E-state index contributed by atoms with van der Waals surface area (Å²) in [5.41, 5.74) is 2.24. The zero-order valence-corrected chi connectivity index (χ0v) is 18.3. The molecule has 1 aromatic heterocycles. The molecular weight excluding hydrogens is 443 g/mol. The summed E-state index contributed by atoms with van der Waals surface area (Å²) >= 11 is 0. The lowest BCUT2D eigenvalue weighted by atomic mass is 10.1. The molecule has 1 aromatic carbocycles. The fourth-order valence-electron chi connectivity index (χ4n) is 2.52.